The molecule has 0 aliphatic rings. The highest BCUT2D eigenvalue weighted by Crippen LogP contribution is 2.26. The van der Waals surface area contributed by atoms with E-state index in [0.29, 0.717) is 11.7 Å². The van der Waals surface area contributed by atoms with Gasteiger partial charge in [-0.3, -0.25) is 9.69 Å². The minimum atomic E-state index is -0.0620. The lowest BCUT2D eigenvalue weighted by atomic mass is 10.0. The molecule has 4 nitrogen and oxygen atoms in total. The van der Waals surface area contributed by atoms with E-state index in [0.717, 1.165) is 17.9 Å². The molecular formula is C17H21N3O. The quantitative estimate of drug-likeness (QED) is 0.856. The zero-order valence-corrected chi connectivity index (χ0v) is 13.0. The Morgan fingerprint density at radius 3 is 2.38 bits per heavy atom. The van der Waals surface area contributed by atoms with E-state index >= 15 is 0 Å². The van der Waals surface area contributed by atoms with E-state index in [1.165, 1.54) is 5.56 Å². The molecule has 0 saturated carbocycles. The van der Waals surface area contributed by atoms with Crippen LogP contribution in [0.3, 0.4) is 0 Å². The maximum atomic E-state index is 12.0. The van der Waals surface area contributed by atoms with Crippen LogP contribution in [0.1, 0.15) is 45.0 Å². The van der Waals surface area contributed by atoms with E-state index < -0.39 is 0 Å². The molecule has 0 radical (unpaired) electrons. The van der Waals surface area contributed by atoms with Crippen molar-refractivity contribution >= 4 is 17.4 Å². The number of hydrogen-bond donors (Lipinski definition) is 0. The lowest BCUT2D eigenvalue weighted by molar-refractivity contribution is -0.115. The molecule has 0 N–H and O–H groups in total. The summed E-state index contributed by atoms with van der Waals surface area (Å²) in [6, 6.07) is 9.79. The van der Waals surface area contributed by atoms with Crippen LogP contribution in [-0.2, 0) is 11.2 Å². The Hall–Kier alpha value is -2.23. The van der Waals surface area contributed by atoms with E-state index in [1.54, 1.807) is 24.1 Å². The Labute approximate surface area is 125 Å². The molecule has 0 bridgehead atoms. The summed E-state index contributed by atoms with van der Waals surface area (Å²) >= 11 is 0. The van der Waals surface area contributed by atoms with Gasteiger partial charge in [0.2, 0.25) is 5.91 Å². The molecule has 1 heterocycles. The average molecular weight is 283 g/mol. The van der Waals surface area contributed by atoms with Crippen LogP contribution in [0.25, 0.3) is 0 Å². The van der Waals surface area contributed by atoms with Gasteiger partial charge in [0, 0.05) is 19.5 Å². The third-order valence-corrected chi connectivity index (χ3v) is 3.37. The first-order chi connectivity index (χ1) is 10.0. The maximum Gasteiger partial charge on any atom is 0.229 e. The van der Waals surface area contributed by atoms with Crippen LogP contribution in [0.5, 0.6) is 0 Å². The van der Waals surface area contributed by atoms with Gasteiger partial charge in [0.1, 0.15) is 11.6 Å². The van der Waals surface area contributed by atoms with Gasteiger partial charge in [0.25, 0.3) is 0 Å². The molecule has 0 unspecified atom stereocenters. The molecule has 4 heteroatoms. The van der Waals surface area contributed by atoms with Crippen molar-refractivity contribution in [3.8, 4) is 0 Å². The zero-order chi connectivity index (χ0) is 15.4. The topological polar surface area (TPSA) is 46.1 Å². The third kappa shape index (κ3) is 3.45. The number of hydrogen-bond acceptors (Lipinski definition) is 3. The Morgan fingerprint density at radius 2 is 1.86 bits per heavy atom. The highest BCUT2D eigenvalue weighted by atomic mass is 16.2. The van der Waals surface area contributed by atoms with Crippen LogP contribution in [0.2, 0.25) is 0 Å². The summed E-state index contributed by atoms with van der Waals surface area (Å²) < 4.78 is 0. The molecule has 1 aromatic carbocycles. The van der Waals surface area contributed by atoms with E-state index in [4.69, 9.17) is 0 Å². The molecule has 0 aliphatic heterocycles. The summed E-state index contributed by atoms with van der Waals surface area (Å²) in [7, 11) is 0. The van der Waals surface area contributed by atoms with Gasteiger partial charge in [-0.25, -0.2) is 9.97 Å². The van der Waals surface area contributed by atoms with Gasteiger partial charge in [-0.05, 0) is 29.7 Å². The molecule has 1 amide bonds. The predicted octanol–water partition coefficient (Wildman–Crippen LogP) is 3.85. The molecule has 0 aliphatic carbocycles. The monoisotopic (exact) mass is 283 g/mol. The summed E-state index contributed by atoms with van der Waals surface area (Å²) in [5, 5.41) is 0. The Morgan fingerprint density at radius 1 is 1.19 bits per heavy atom. The largest absolute Gasteiger partial charge is 0.274 e. The fraction of sp³-hybridized carbons (Fsp3) is 0.353. The lowest BCUT2D eigenvalue weighted by Gasteiger charge is -2.21. The molecule has 2 aromatic rings. The van der Waals surface area contributed by atoms with E-state index in [-0.39, 0.29) is 5.91 Å². The fourth-order valence-electron chi connectivity index (χ4n) is 2.17. The highest BCUT2D eigenvalue weighted by molar-refractivity contribution is 5.98. The van der Waals surface area contributed by atoms with Crippen molar-refractivity contribution in [2.45, 2.75) is 40.0 Å². The fourth-order valence-corrected chi connectivity index (χ4v) is 2.17. The SMILES string of the molecule is CCc1nccc(N(C(C)=O)c2ccc(C(C)C)cc2)n1. The smallest absolute Gasteiger partial charge is 0.229 e. The summed E-state index contributed by atoms with van der Waals surface area (Å²) in [6.07, 6.45) is 2.44. The van der Waals surface area contributed by atoms with Crippen LogP contribution in [0.15, 0.2) is 36.5 Å². The summed E-state index contributed by atoms with van der Waals surface area (Å²) in [5.41, 5.74) is 2.08. The first kappa shape index (κ1) is 15.2. The second-order valence-corrected chi connectivity index (χ2v) is 5.29. The summed E-state index contributed by atoms with van der Waals surface area (Å²) in [6.45, 7) is 7.84. The third-order valence-electron chi connectivity index (χ3n) is 3.37. The molecule has 0 saturated heterocycles. The molecular weight excluding hydrogens is 262 g/mol. The van der Waals surface area contributed by atoms with Crippen molar-refractivity contribution in [2.75, 3.05) is 4.90 Å². The molecule has 1 aromatic heterocycles. The molecule has 0 atom stereocenters. The summed E-state index contributed by atoms with van der Waals surface area (Å²) in [5.74, 6) is 1.76. The second-order valence-electron chi connectivity index (χ2n) is 5.29. The molecule has 0 fully saturated rings. The van der Waals surface area contributed by atoms with E-state index in [9.17, 15) is 4.79 Å². The molecule has 2 rings (SSSR count). The van der Waals surface area contributed by atoms with Crippen LogP contribution in [0, 0.1) is 0 Å². The molecule has 110 valence electrons. The van der Waals surface area contributed by atoms with Gasteiger partial charge >= 0.3 is 0 Å². The van der Waals surface area contributed by atoms with Crippen LogP contribution >= 0.6 is 0 Å². The first-order valence-corrected chi connectivity index (χ1v) is 7.25. The highest BCUT2D eigenvalue weighted by Gasteiger charge is 2.16. The molecule has 21 heavy (non-hydrogen) atoms. The number of nitrogens with zero attached hydrogens (tertiary/aromatic N) is 3. The number of aromatic nitrogens is 2. The number of anilines is 2. The molecule has 0 spiro atoms. The minimum Gasteiger partial charge on any atom is -0.274 e. The second kappa shape index (κ2) is 6.48. The Balaban J connectivity index is 2.40. The Bertz CT molecular complexity index is 620. The normalized spacial score (nSPS) is 10.7. The van der Waals surface area contributed by atoms with Gasteiger partial charge in [0.15, 0.2) is 0 Å². The average Bonchev–Trinajstić information content (AvgIpc) is 2.48. The van der Waals surface area contributed by atoms with Gasteiger partial charge in [-0.2, -0.15) is 0 Å². The zero-order valence-electron chi connectivity index (χ0n) is 13.0. The van der Waals surface area contributed by atoms with Gasteiger partial charge in [-0.1, -0.05) is 32.9 Å². The Kier molecular flexibility index (Phi) is 4.68. The number of amides is 1. The minimum absolute atomic E-state index is 0.0620. The standard InChI is InChI=1S/C17H21N3O/c1-5-16-18-11-10-17(19-16)20(13(4)21)15-8-6-14(7-9-15)12(2)3/h6-12H,5H2,1-4H3. The van der Waals surface area contributed by atoms with Gasteiger partial charge in [0.05, 0.1) is 5.69 Å². The van der Waals surface area contributed by atoms with Crippen LogP contribution < -0.4 is 4.90 Å². The maximum absolute atomic E-state index is 12.0. The van der Waals surface area contributed by atoms with Crippen molar-refractivity contribution in [3.63, 3.8) is 0 Å². The van der Waals surface area contributed by atoms with E-state index in [1.807, 2.05) is 19.1 Å². The predicted molar refractivity (Wildman–Crippen MR) is 84.8 cm³/mol. The van der Waals surface area contributed by atoms with Gasteiger partial charge < -0.3 is 0 Å². The number of carbonyl (C=O) groups is 1. The van der Waals surface area contributed by atoms with Crippen molar-refractivity contribution in [3.05, 3.63) is 47.9 Å². The number of benzene rings is 1. The van der Waals surface area contributed by atoms with Gasteiger partial charge in [-0.15, -0.1) is 0 Å². The lowest BCUT2D eigenvalue weighted by Crippen LogP contribution is -2.24. The first-order valence-electron chi connectivity index (χ1n) is 7.25. The van der Waals surface area contributed by atoms with Crippen molar-refractivity contribution in [1.29, 1.82) is 0 Å². The van der Waals surface area contributed by atoms with Crippen LogP contribution in [-0.4, -0.2) is 15.9 Å². The number of rotatable bonds is 4. The number of aryl methyl sites for hydroxylation is 1. The van der Waals surface area contributed by atoms with Crippen molar-refractivity contribution in [2.24, 2.45) is 0 Å². The van der Waals surface area contributed by atoms with E-state index in [2.05, 4.69) is 35.9 Å². The van der Waals surface area contributed by atoms with Crippen LogP contribution in [0.4, 0.5) is 11.5 Å². The van der Waals surface area contributed by atoms with Crippen molar-refractivity contribution in [1.82, 2.24) is 9.97 Å². The number of carbonyl (C=O) groups excluding carboxylic acids is 1. The summed E-state index contributed by atoms with van der Waals surface area (Å²) in [4.78, 5) is 22.3. The van der Waals surface area contributed by atoms with Crippen molar-refractivity contribution < 1.29 is 4.79 Å².